The van der Waals surface area contributed by atoms with Crippen molar-refractivity contribution < 1.29 is 33.7 Å². The van der Waals surface area contributed by atoms with Crippen LogP contribution in [0.3, 0.4) is 0 Å². The highest BCUT2D eigenvalue weighted by atomic mass is 31.2. The molecule has 1 aromatic carbocycles. The van der Waals surface area contributed by atoms with Gasteiger partial charge >= 0.3 is 8.60 Å². The van der Waals surface area contributed by atoms with Gasteiger partial charge in [-0.05, 0) is 30.2 Å². The lowest BCUT2D eigenvalue weighted by Crippen LogP contribution is -2.41. The number of aliphatic hydroxyl groups excluding tert-OH is 1. The molecule has 2 aromatic rings. The molecule has 1 fully saturated rings. The van der Waals surface area contributed by atoms with Gasteiger partial charge in [-0.1, -0.05) is 0 Å². The van der Waals surface area contributed by atoms with Crippen molar-refractivity contribution in [1.82, 2.24) is 10.3 Å². The van der Waals surface area contributed by atoms with Gasteiger partial charge in [0.15, 0.2) is 0 Å². The van der Waals surface area contributed by atoms with Gasteiger partial charge < -0.3 is 39.2 Å². The Morgan fingerprint density at radius 1 is 1.39 bits per heavy atom. The molecule has 0 saturated carbocycles. The van der Waals surface area contributed by atoms with E-state index in [0.29, 0.717) is 31.6 Å². The number of amides is 1. The molecule has 0 spiro atoms. The Morgan fingerprint density at radius 3 is 2.93 bits per heavy atom. The number of nitrogens with one attached hydrogen (secondary N) is 2. The summed E-state index contributed by atoms with van der Waals surface area (Å²) in [7, 11) is -2.48. The standard InChI is InChI=1S/C18H25N2O7P/c1-11(22)19-5-4-12-9-20-17-3-2-13(7-16(12)17)25-18-8-14(27-28(23)24)6-15(10-21)26-18/h2-3,7,9,14-15,18,20-21,23-24H,4-6,8,10H2,1H3,(H,19,22). The second-order valence-corrected chi connectivity index (χ2v) is 7.41. The summed E-state index contributed by atoms with van der Waals surface area (Å²) in [6.07, 6.45) is 1.62. The number of fused-ring (bicyclic) bond motifs is 1. The van der Waals surface area contributed by atoms with Crippen LogP contribution in [0.1, 0.15) is 25.3 Å². The van der Waals surface area contributed by atoms with Crippen LogP contribution in [0.25, 0.3) is 10.9 Å². The molecular formula is C18H25N2O7P. The van der Waals surface area contributed by atoms with Gasteiger partial charge in [0.05, 0.1) is 18.8 Å². The number of hydrogen-bond donors (Lipinski definition) is 5. The van der Waals surface area contributed by atoms with Crippen LogP contribution < -0.4 is 10.1 Å². The summed E-state index contributed by atoms with van der Waals surface area (Å²) >= 11 is 0. The number of aromatic amines is 1. The van der Waals surface area contributed by atoms with E-state index in [0.717, 1.165) is 16.5 Å². The maximum Gasteiger partial charge on any atom is 0.327 e. The van der Waals surface area contributed by atoms with Gasteiger partial charge in [-0.25, -0.2) is 0 Å². The van der Waals surface area contributed by atoms with Gasteiger partial charge in [0, 0.05) is 43.4 Å². The van der Waals surface area contributed by atoms with Crippen molar-refractivity contribution >= 4 is 25.4 Å². The smallest absolute Gasteiger partial charge is 0.327 e. The molecule has 1 aliphatic rings. The molecule has 0 radical (unpaired) electrons. The SMILES string of the molecule is CC(=O)NCCc1c[nH]c2ccc(OC3CC(OP(O)O)CC(CO)O3)cc12. The maximum atomic E-state index is 11.0. The second-order valence-electron chi connectivity index (χ2n) is 6.69. The van der Waals surface area contributed by atoms with Crippen molar-refractivity contribution in [2.75, 3.05) is 13.2 Å². The molecule has 0 bridgehead atoms. The number of carbonyl (C=O) groups is 1. The van der Waals surface area contributed by atoms with Crippen LogP contribution in [0.15, 0.2) is 24.4 Å². The van der Waals surface area contributed by atoms with E-state index >= 15 is 0 Å². The Hall–Kier alpha value is -1.74. The van der Waals surface area contributed by atoms with Gasteiger partial charge in [-0.3, -0.25) is 4.79 Å². The third-order valence-electron chi connectivity index (χ3n) is 4.55. The largest absolute Gasteiger partial charge is 0.465 e. The summed E-state index contributed by atoms with van der Waals surface area (Å²) in [5.74, 6) is 0.522. The third-order valence-corrected chi connectivity index (χ3v) is 5.03. The van der Waals surface area contributed by atoms with Crippen molar-refractivity contribution in [3.63, 3.8) is 0 Å². The first-order valence-electron chi connectivity index (χ1n) is 9.06. The molecular weight excluding hydrogens is 387 g/mol. The van der Waals surface area contributed by atoms with Crippen molar-refractivity contribution in [2.24, 2.45) is 0 Å². The fourth-order valence-electron chi connectivity index (χ4n) is 3.31. The van der Waals surface area contributed by atoms with E-state index in [2.05, 4.69) is 10.3 Å². The lowest BCUT2D eigenvalue weighted by atomic mass is 10.1. The molecule has 9 nitrogen and oxygen atoms in total. The third kappa shape index (κ3) is 5.64. The van der Waals surface area contributed by atoms with Gasteiger partial charge in [0.1, 0.15) is 5.75 Å². The highest BCUT2D eigenvalue weighted by Crippen LogP contribution is 2.34. The highest BCUT2D eigenvalue weighted by Gasteiger charge is 2.32. The summed E-state index contributed by atoms with van der Waals surface area (Å²) < 4.78 is 16.7. The molecule has 28 heavy (non-hydrogen) atoms. The Balaban J connectivity index is 1.69. The Bertz CT molecular complexity index is 797. The minimum atomic E-state index is -2.48. The van der Waals surface area contributed by atoms with Crippen molar-refractivity contribution in [1.29, 1.82) is 0 Å². The number of carbonyl (C=O) groups excluding carboxylic acids is 1. The van der Waals surface area contributed by atoms with Gasteiger partial charge in [0.25, 0.3) is 0 Å². The zero-order chi connectivity index (χ0) is 20.1. The topological polar surface area (TPSA) is 133 Å². The lowest BCUT2D eigenvalue weighted by molar-refractivity contribution is -0.181. The number of rotatable bonds is 8. The minimum absolute atomic E-state index is 0.0667. The van der Waals surface area contributed by atoms with E-state index in [1.807, 2.05) is 24.4 Å². The number of H-pyrrole nitrogens is 1. The quantitative estimate of drug-likeness (QED) is 0.413. The molecule has 1 aromatic heterocycles. The molecule has 5 N–H and O–H groups in total. The van der Waals surface area contributed by atoms with Crippen LogP contribution in [0, 0.1) is 0 Å². The summed E-state index contributed by atoms with van der Waals surface area (Å²) in [6.45, 7) is 1.82. The Labute approximate surface area is 163 Å². The van der Waals surface area contributed by atoms with Crippen LogP contribution in [-0.4, -0.2) is 57.4 Å². The number of aliphatic hydroxyl groups is 1. The van der Waals surface area contributed by atoms with Crippen LogP contribution >= 0.6 is 8.60 Å². The van der Waals surface area contributed by atoms with Crippen LogP contribution in [0.5, 0.6) is 5.75 Å². The number of benzene rings is 1. The van der Waals surface area contributed by atoms with Crippen LogP contribution in [-0.2, 0) is 20.5 Å². The zero-order valence-electron chi connectivity index (χ0n) is 15.5. The van der Waals surface area contributed by atoms with E-state index in [-0.39, 0.29) is 12.5 Å². The normalized spacial score (nSPS) is 22.5. The molecule has 3 rings (SSSR count). The summed E-state index contributed by atoms with van der Waals surface area (Å²) in [5, 5.41) is 13.2. The number of ether oxygens (including phenoxy) is 2. The van der Waals surface area contributed by atoms with Crippen LogP contribution in [0.4, 0.5) is 0 Å². The molecule has 1 saturated heterocycles. The van der Waals surface area contributed by atoms with E-state index in [9.17, 15) is 9.90 Å². The molecule has 3 atom stereocenters. The molecule has 10 heteroatoms. The monoisotopic (exact) mass is 412 g/mol. The average molecular weight is 412 g/mol. The fourth-order valence-corrected chi connectivity index (χ4v) is 3.74. The molecule has 1 amide bonds. The molecule has 1 aliphatic heterocycles. The summed E-state index contributed by atoms with van der Waals surface area (Å²) in [4.78, 5) is 32.4. The fraction of sp³-hybridized carbons (Fsp3) is 0.500. The summed E-state index contributed by atoms with van der Waals surface area (Å²) in [5.41, 5.74) is 2.01. The predicted octanol–water partition coefficient (Wildman–Crippen LogP) is 1.32. The Morgan fingerprint density at radius 2 is 2.21 bits per heavy atom. The second kappa shape index (κ2) is 9.65. The Kier molecular flexibility index (Phi) is 7.23. The van der Waals surface area contributed by atoms with Crippen molar-refractivity contribution in [3.8, 4) is 5.75 Å². The molecule has 0 aliphatic carbocycles. The number of aromatic nitrogens is 1. The van der Waals surface area contributed by atoms with E-state index < -0.39 is 27.1 Å². The molecule has 3 unspecified atom stereocenters. The maximum absolute atomic E-state index is 11.0. The summed E-state index contributed by atoms with van der Waals surface area (Å²) in [6, 6.07) is 5.60. The molecule has 154 valence electrons. The van der Waals surface area contributed by atoms with Crippen LogP contribution in [0.2, 0.25) is 0 Å². The zero-order valence-corrected chi connectivity index (χ0v) is 16.4. The molecule has 2 heterocycles. The first kappa shape index (κ1) is 21.0. The van der Waals surface area contributed by atoms with Gasteiger partial charge in [-0.15, -0.1) is 0 Å². The first-order chi connectivity index (χ1) is 13.4. The van der Waals surface area contributed by atoms with E-state index in [1.54, 1.807) is 0 Å². The highest BCUT2D eigenvalue weighted by molar-refractivity contribution is 7.39. The number of hydrogen-bond acceptors (Lipinski definition) is 7. The average Bonchev–Trinajstić information content (AvgIpc) is 3.03. The van der Waals surface area contributed by atoms with Crippen molar-refractivity contribution in [3.05, 3.63) is 30.0 Å². The minimum Gasteiger partial charge on any atom is -0.465 e. The van der Waals surface area contributed by atoms with E-state index in [4.69, 9.17) is 23.8 Å². The van der Waals surface area contributed by atoms with Gasteiger partial charge in [-0.2, -0.15) is 0 Å². The van der Waals surface area contributed by atoms with E-state index in [1.165, 1.54) is 6.92 Å². The lowest BCUT2D eigenvalue weighted by Gasteiger charge is -2.34. The van der Waals surface area contributed by atoms with Crippen molar-refractivity contribution in [2.45, 2.75) is 44.7 Å². The van der Waals surface area contributed by atoms with Gasteiger partial charge in [0.2, 0.25) is 12.2 Å². The first-order valence-corrected chi connectivity index (χ1v) is 10.2. The predicted molar refractivity (Wildman–Crippen MR) is 103 cm³/mol.